The summed E-state index contributed by atoms with van der Waals surface area (Å²) in [5, 5.41) is 11.2. The highest BCUT2D eigenvalue weighted by Crippen LogP contribution is 2.41. The second kappa shape index (κ2) is 10.3. The standard InChI is InChI=1S/C25H27NO7/c1-15-13-18(32-4)9-10-20(15)23(28)21-22(17-7-5-8-19(14-17)33-16(2)27)26(11-6-12-31-3)25(30)24(21)29/h5,7-10,13-14,22,28H,6,11-12H2,1-4H3/b23-21+. The molecule has 0 radical (unpaired) electrons. The second-order valence-electron chi connectivity index (χ2n) is 7.69. The fourth-order valence-electron chi connectivity index (χ4n) is 3.92. The van der Waals surface area contributed by atoms with Gasteiger partial charge in [0.15, 0.2) is 0 Å². The predicted molar refractivity (Wildman–Crippen MR) is 121 cm³/mol. The van der Waals surface area contributed by atoms with E-state index in [0.717, 1.165) is 0 Å². The second-order valence-corrected chi connectivity index (χ2v) is 7.69. The SMILES string of the molecule is COCCCN1C(=O)C(=O)/C(=C(/O)c2ccc(OC)cc2C)C1c1cccc(OC(C)=O)c1. The van der Waals surface area contributed by atoms with E-state index >= 15 is 0 Å². The number of aliphatic hydroxyl groups excluding tert-OH is 1. The summed E-state index contributed by atoms with van der Waals surface area (Å²) in [5.41, 5.74) is 1.63. The van der Waals surface area contributed by atoms with Crippen molar-refractivity contribution in [2.75, 3.05) is 27.4 Å². The van der Waals surface area contributed by atoms with Crippen molar-refractivity contribution in [2.45, 2.75) is 26.3 Å². The van der Waals surface area contributed by atoms with Gasteiger partial charge in [-0.05, 0) is 54.8 Å². The Morgan fingerprint density at radius 2 is 1.85 bits per heavy atom. The van der Waals surface area contributed by atoms with Gasteiger partial charge < -0.3 is 24.2 Å². The molecule has 1 unspecified atom stereocenters. The number of Topliss-reactive ketones (excluding diaryl/α,β-unsaturated/α-hetero) is 1. The first-order valence-corrected chi connectivity index (χ1v) is 10.5. The van der Waals surface area contributed by atoms with Gasteiger partial charge in [-0.2, -0.15) is 0 Å². The Kier molecular flexibility index (Phi) is 7.50. The van der Waals surface area contributed by atoms with Gasteiger partial charge in [0.05, 0.1) is 18.7 Å². The van der Waals surface area contributed by atoms with E-state index in [0.29, 0.717) is 35.5 Å². The lowest BCUT2D eigenvalue weighted by Gasteiger charge is -2.25. The number of carbonyl (C=O) groups excluding carboxylic acids is 3. The number of ketones is 1. The van der Waals surface area contributed by atoms with E-state index in [-0.39, 0.29) is 23.6 Å². The molecule has 0 aliphatic carbocycles. The van der Waals surface area contributed by atoms with Gasteiger partial charge in [-0.25, -0.2) is 0 Å². The van der Waals surface area contributed by atoms with E-state index in [2.05, 4.69) is 0 Å². The summed E-state index contributed by atoms with van der Waals surface area (Å²) in [7, 11) is 3.09. The summed E-state index contributed by atoms with van der Waals surface area (Å²) >= 11 is 0. The first kappa shape index (κ1) is 24.0. The van der Waals surface area contributed by atoms with Gasteiger partial charge in [0.1, 0.15) is 17.3 Å². The molecule has 1 saturated heterocycles. The molecule has 1 aliphatic heterocycles. The smallest absolute Gasteiger partial charge is 0.308 e. The number of esters is 1. The zero-order chi connectivity index (χ0) is 24.1. The molecule has 8 heteroatoms. The van der Waals surface area contributed by atoms with Crippen LogP contribution in [0.15, 0.2) is 48.0 Å². The van der Waals surface area contributed by atoms with Gasteiger partial charge in [0.2, 0.25) is 0 Å². The normalized spacial score (nSPS) is 17.3. The summed E-state index contributed by atoms with van der Waals surface area (Å²) in [6, 6.07) is 10.8. The topological polar surface area (TPSA) is 102 Å². The lowest BCUT2D eigenvalue weighted by Crippen LogP contribution is -2.31. The average Bonchev–Trinajstić information content (AvgIpc) is 3.03. The monoisotopic (exact) mass is 453 g/mol. The maximum atomic E-state index is 13.1. The summed E-state index contributed by atoms with van der Waals surface area (Å²) in [6.07, 6.45) is 0.505. The van der Waals surface area contributed by atoms with E-state index in [1.54, 1.807) is 56.5 Å². The molecule has 0 aromatic heterocycles. The Morgan fingerprint density at radius 1 is 1.09 bits per heavy atom. The van der Waals surface area contributed by atoms with Crippen molar-refractivity contribution in [1.29, 1.82) is 0 Å². The van der Waals surface area contributed by atoms with Crippen LogP contribution in [0.4, 0.5) is 0 Å². The Bertz CT molecular complexity index is 1110. The third-order valence-electron chi connectivity index (χ3n) is 5.41. The molecule has 0 saturated carbocycles. The third-order valence-corrected chi connectivity index (χ3v) is 5.41. The van der Waals surface area contributed by atoms with Gasteiger partial charge in [-0.1, -0.05) is 12.1 Å². The van der Waals surface area contributed by atoms with E-state index in [9.17, 15) is 19.5 Å². The minimum absolute atomic E-state index is 0.0225. The number of ether oxygens (including phenoxy) is 3. The number of hydrogen-bond acceptors (Lipinski definition) is 7. The number of aryl methyl sites for hydroxylation is 1. The zero-order valence-electron chi connectivity index (χ0n) is 19.1. The van der Waals surface area contributed by atoms with Gasteiger partial charge in [0.25, 0.3) is 11.7 Å². The molecule has 3 rings (SSSR count). The summed E-state index contributed by atoms with van der Waals surface area (Å²) in [4.78, 5) is 38.9. The number of hydrogen-bond donors (Lipinski definition) is 1. The molecule has 0 bridgehead atoms. The minimum atomic E-state index is -0.848. The quantitative estimate of drug-likeness (QED) is 0.163. The van der Waals surface area contributed by atoms with Crippen LogP contribution < -0.4 is 9.47 Å². The van der Waals surface area contributed by atoms with Crippen LogP contribution >= 0.6 is 0 Å². The highest BCUT2D eigenvalue weighted by molar-refractivity contribution is 6.46. The number of likely N-dealkylation sites (tertiary alicyclic amines) is 1. The molecule has 174 valence electrons. The van der Waals surface area contributed by atoms with E-state index < -0.39 is 23.7 Å². The van der Waals surface area contributed by atoms with Crippen LogP contribution in [0.25, 0.3) is 5.76 Å². The zero-order valence-corrected chi connectivity index (χ0v) is 19.1. The first-order valence-electron chi connectivity index (χ1n) is 10.5. The minimum Gasteiger partial charge on any atom is -0.507 e. The Labute approximate surface area is 192 Å². The highest BCUT2D eigenvalue weighted by Gasteiger charge is 2.46. The predicted octanol–water partition coefficient (Wildman–Crippen LogP) is 3.39. The maximum absolute atomic E-state index is 13.1. The molecule has 1 aliphatic rings. The van der Waals surface area contributed by atoms with Crippen LogP contribution in [-0.4, -0.2) is 55.0 Å². The summed E-state index contributed by atoms with van der Waals surface area (Å²) in [5.74, 6) is -1.36. The van der Waals surface area contributed by atoms with E-state index in [1.165, 1.54) is 18.9 Å². The molecule has 1 atom stereocenters. The van der Waals surface area contributed by atoms with Crippen LogP contribution in [0, 0.1) is 6.92 Å². The van der Waals surface area contributed by atoms with Crippen LogP contribution in [0.3, 0.4) is 0 Å². The number of carbonyl (C=O) groups is 3. The molecule has 1 N–H and O–H groups in total. The van der Waals surface area contributed by atoms with Crippen LogP contribution in [0.2, 0.25) is 0 Å². The first-order chi connectivity index (χ1) is 15.8. The molecule has 1 heterocycles. The third kappa shape index (κ3) is 5.06. The fraction of sp³-hybridized carbons (Fsp3) is 0.320. The van der Waals surface area contributed by atoms with E-state index in [4.69, 9.17) is 14.2 Å². The molecule has 0 spiro atoms. The van der Waals surface area contributed by atoms with E-state index in [1.807, 2.05) is 0 Å². The molecule has 2 aromatic rings. The molecular formula is C25H27NO7. The Hall–Kier alpha value is -3.65. The van der Waals surface area contributed by atoms with Crippen molar-refractivity contribution in [3.63, 3.8) is 0 Å². The Balaban J connectivity index is 2.16. The number of benzene rings is 2. The van der Waals surface area contributed by atoms with Crippen LogP contribution in [-0.2, 0) is 19.1 Å². The number of rotatable bonds is 8. The van der Waals surface area contributed by atoms with Crippen molar-refractivity contribution in [3.8, 4) is 11.5 Å². The molecule has 8 nitrogen and oxygen atoms in total. The highest BCUT2D eigenvalue weighted by atomic mass is 16.5. The van der Waals surface area contributed by atoms with Crippen molar-refractivity contribution in [2.24, 2.45) is 0 Å². The lowest BCUT2D eigenvalue weighted by molar-refractivity contribution is -0.140. The van der Waals surface area contributed by atoms with Gasteiger partial charge >= 0.3 is 5.97 Å². The van der Waals surface area contributed by atoms with Crippen LogP contribution in [0.1, 0.15) is 36.1 Å². The van der Waals surface area contributed by atoms with Gasteiger partial charge in [-0.3, -0.25) is 14.4 Å². The van der Waals surface area contributed by atoms with Crippen LogP contribution in [0.5, 0.6) is 11.5 Å². The van der Waals surface area contributed by atoms with Crippen molar-refractivity contribution < 1.29 is 33.7 Å². The van der Waals surface area contributed by atoms with Crippen molar-refractivity contribution in [3.05, 3.63) is 64.7 Å². The van der Waals surface area contributed by atoms with Gasteiger partial charge in [0, 0.05) is 32.7 Å². The molecule has 1 amide bonds. The molecular weight excluding hydrogens is 426 g/mol. The maximum Gasteiger partial charge on any atom is 0.308 e. The average molecular weight is 453 g/mol. The Morgan fingerprint density at radius 3 is 2.48 bits per heavy atom. The van der Waals surface area contributed by atoms with Crippen molar-refractivity contribution in [1.82, 2.24) is 4.90 Å². The molecule has 33 heavy (non-hydrogen) atoms. The van der Waals surface area contributed by atoms with Crippen molar-refractivity contribution >= 4 is 23.4 Å². The summed E-state index contributed by atoms with van der Waals surface area (Å²) < 4.78 is 15.5. The lowest BCUT2D eigenvalue weighted by atomic mass is 9.93. The number of nitrogens with zero attached hydrogens (tertiary/aromatic N) is 1. The molecule has 2 aromatic carbocycles. The summed E-state index contributed by atoms with van der Waals surface area (Å²) in [6.45, 7) is 3.72. The number of methoxy groups -OCH3 is 2. The largest absolute Gasteiger partial charge is 0.507 e. The fourth-order valence-corrected chi connectivity index (χ4v) is 3.92. The number of aliphatic hydroxyl groups is 1. The van der Waals surface area contributed by atoms with Gasteiger partial charge in [-0.15, -0.1) is 0 Å². The number of amides is 1. The molecule has 1 fully saturated rings.